The average Bonchev–Trinajstić information content (AvgIpc) is 2.60. The molecule has 1 heterocycles. The lowest BCUT2D eigenvalue weighted by atomic mass is 10.1. The van der Waals surface area contributed by atoms with Crippen molar-refractivity contribution in [2.45, 2.75) is 27.2 Å². The van der Waals surface area contributed by atoms with Crippen LogP contribution < -0.4 is 10.6 Å². The fourth-order valence-electron chi connectivity index (χ4n) is 1.27. The van der Waals surface area contributed by atoms with Crippen LogP contribution >= 0.6 is 11.3 Å². The van der Waals surface area contributed by atoms with Gasteiger partial charge in [-0.3, -0.25) is 0 Å². The van der Waals surface area contributed by atoms with E-state index >= 15 is 0 Å². The molecule has 14 heavy (non-hydrogen) atoms. The van der Waals surface area contributed by atoms with E-state index < -0.39 is 0 Å². The summed E-state index contributed by atoms with van der Waals surface area (Å²) in [4.78, 5) is 6.58. The smallest absolute Gasteiger partial charge is 0.187 e. The van der Waals surface area contributed by atoms with Crippen LogP contribution in [0.4, 0.5) is 10.1 Å². The minimum atomic E-state index is 0.708. The van der Waals surface area contributed by atoms with E-state index in [1.807, 2.05) is 0 Å². The molecule has 0 amide bonds. The summed E-state index contributed by atoms with van der Waals surface area (Å²) < 4.78 is 0. The second kappa shape index (κ2) is 5.20. The molecule has 80 valence electrons. The molecule has 0 spiro atoms. The number of nitrogen functional groups attached to an aromatic ring is 1. The lowest BCUT2D eigenvalue weighted by Crippen LogP contribution is -2.27. The molecule has 0 aliphatic rings. The predicted molar refractivity (Wildman–Crippen MR) is 63.9 cm³/mol. The van der Waals surface area contributed by atoms with Crippen LogP contribution in [-0.4, -0.2) is 18.1 Å². The third-order valence-electron chi connectivity index (χ3n) is 2.39. The molecule has 1 aromatic heterocycles. The maximum atomic E-state index is 5.66. The Hall–Kier alpha value is -0.770. The van der Waals surface area contributed by atoms with Crippen molar-refractivity contribution < 1.29 is 0 Å². The third kappa shape index (κ3) is 2.87. The Morgan fingerprint density at radius 2 is 2.29 bits per heavy atom. The Balaban J connectivity index is 2.62. The summed E-state index contributed by atoms with van der Waals surface area (Å²) in [6, 6.07) is 0. The first-order chi connectivity index (χ1) is 6.67. The first-order valence-electron chi connectivity index (χ1n) is 5.13. The van der Waals surface area contributed by atoms with E-state index in [1.165, 1.54) is 6.42 Å². The van der Waals surface area contributed by atoms with Gasteiger partial charge in [0.25, 0.3) is 0 Å². The van der Waals surface area contributed by atoms with E-state index in [0.29, 0.717) is 5.92 Å². The molecule has 0 saturated heterocycles. The number of nitrogens with two attached hydrogens (primary N) is 1. The maximum absolute atomic E-state index is 5.66. The number of thiazole rings is 1. The van der Waals surface area contributed by atoms with Gasteiger partial charge in [-0.25, -0.2) is 4.98 Å². The highest BCUT2D eigenvalue weighted by Gasteiger charge is 2.11. The summed E-state index contributed by atoms with van der Waals surface area (Å²) >= 11 is 1.57. The summed E-state index contributed by atoms with van der Waals surface area (Å²) in [6.45, 7) is 8.70. The number of hydrogen-bond donors (Lipinski definition) is 1. The standard InChI is InChI=1S/C10H19N3S/c1-4-8(3)7-13(5-2)10-12-6-9(11)14-10/h6,8H,4-5,7,11H2,1-3H3. The molecular weight excluding hydrogens is 194 g/mol. The van der Waals surface area contributed by atoms with Crippen LogP contribution in [0.25, 0.3) is 0 Å². The molecule has 3 nitrogen and oxygen atoms in total. The molecule has 1 rings (SSSR count). The molecule has 0 fully saturated rings. The molecule has 0 saturated carbocycles. The van der Waals surface area contributed by atoms with E-state index in [-0.39, 0.29) is 0 Å². The van der Waals surface area contributed by atoms with Gasteiger partial charge < -0.3 is 10.6 Å². The van der Waals surface area contributed by atoms with E-state index in [2.05, 4.69) is 30.7 Å². The van der Waals surface area contributed by atoms with Gasteiger partial charge in [-0.15, -0.1) is 0 Å². The number of hydrogen-bond acceptors (Lipinski definition) is 4. The number of rotatable bonds is 5. The van der Waals surface area contributed by atoms with Gasteiger partial charge in [-0.1, -0.05) is 31.6 Å². The molecule has 0 radical (unpaired) electrons. The number of anilines is 2. The van der Waals surface area contributed by atoms with Gasteiger partial charge in [0.2, 0.25) is 0 Å². The van der Waals surface area contributed by atoms with Gasteiger partial charge in [0.15, 0.2) is 5.13 Å². The van der Waals surface area contributed by atoms with Crippen molar-refractivity contribution >= 4 is 21.5 Å². The summed E-state index contributed by atoms with van der Waals surface area (Å²) in [7, 11) is 0. The predicted octanol–water partition coefficient (Wildman–Crippen LogP) is 2.60. The first-order valence-corrected chi connectivity index (χ1v) is 5.95. The zero-order valence-corrected chi connectivity index (χ0v) is 9.97. The SMILES string of the molecule is CCC(C)CN(CC)c1ncc(N)s1. The highest BCUT2D eigenvalue weighted by molar-refractivity contribution is 7.19. The Kier molecular flexibility index (Phi) is 4.20. The number of nitrogens with zero attached hydrogens (tertiary/aromatic N) is 2. The zero-order valence-electron chi connectivity index (χ0n) is 9.16. The highest BCUT2D eigenvalue weighted by atomic mass is 32.1. The number of aromatic nitrogens is 1. The van der Waals surface area contributed by atoms with Crippen LogP contribution in [0.15, 0.2) is 6.20 Å². The van der Waals surface area contributed by atoms with Crippen LogP contribution in [-0.2, 0) is 0 Å². The summed E-state index contributed by atoms with van der Waals surface area (Å²) in [5, 5.41) is 1.84. The first kappa shape index (κ1) is 11.3. The van der Waals surface area contributed by atoms with Crippen molar-refractivity contribution in [3.63, 3.8) is 0 Å². The molecule has 0 aliphatic heterocycles. The molecule has 1 atom stereocenters. The second-order valence-corrected chi connectivity index (χ2v) is 4.64. The molecule has 0 bridgehead atoms. The monoisotopic (exact) mass is 213 g/mol. The summed E-state index contributed by atoms with van der Waals surface area (Å²) in [6.07, 6.45) is 2.94. The van der Waals surface area contributed by atoms with E-state index in [4.69, 9.17) is 5.73 Å². The van der Waals surface area contributed by atoms with Gasteiger partial charge in [0, 0.05) is 13.1 Å². The van der Waals surface area contributed by atoms with Gasteiger partial charge >= 0.3 is 0 Å². The van der Waals surface area contributed by atoms with Crippen molar-refractivity contribution in [3.05, 3.63) is 6.20 Å². The lowest BCUT2D eigenvalue weighted by Gasteiger charge is -2.22. The van der Waals surface area contributed by atoms with Crippen molar-refractivity contribution in [3.8, 4) is 0 Å². The fraction of sp³-hybridized carbons (Fsp3) is 0.700. The molecule has 1 aromatic rings. The van der Waals surface area contributed by atoms with Crippen LogP contribution in [0.3, 0.4) is 0 Å². The van der Waals surface area contributed by atoms with Gasteiger partial charge in [0.1, 0.15) is 5.00 Å². The summed E-state index contributed by atoms with van der Waals surface area (Å²) in [5.41, 5.74) is 5.66. The van der Waals surface area contributed by atoms with Crippen molar-refractivity contribution in [2.75, 3.05) is 23.7 Å². The van der Waals surface area contributed by atoms with Crippen LogP contribution in [0.5, 0.6) is 0 Å². The van der Waals surface area contributed by atoms with Crippen molar-refractivity contribution in [2.24, 2.45) is 5.92 Å². The molecule has 0 aliphatic carbocycles. The topological polar surface area (TPSA) is 42.2 Å². The van der Waals surface area contributed by atoms with Crippen LogP contribution in [0.2, 0.25) is 0 Å². The molecule has 4 heteroatoms. The van der Waals surface area contributed by atoms with Gasteiger partial charge in [-0.05, 0) is 12.8 Å². The van der Waals surface area contributed by atoms with E-state index in [0.717, 1.165) is 23.2 Å². The molecular formula is C10H19N3S. The molecule has 0 aromatic carbocycles. The Labute approximate surface area is 89.9 Å². The van der Waals surface area contributed by atoms with Crippen molar-refractivity contribution in [1.29, 1.82) is 0 Å². The van der Waals surface area contributed by atoms with Crippen LogP contribution in [0, 0.1) is 5.92 Å². The fourth-order valence-corrected chi connectivity index (χ4v) is 2.03. The second-order valence-electron chi connectivity index (χ2n) is 3.60. The quantitative estimate of drug-likeness (QED) is 0.817. The maximum Gasteiger partial charge on any atom is 0.187 e. The van der Waals surface area contributed by atoms with E-state index in [9.17, 15) is 0 Å². The Bertz CT molecular complexity index is 272. The highest BCUT2D eigenvalue weighted by Crippen LogP contribution is 2.24. The zero-order chi connectivity index (χ0) is 10.6. The largest absolute Gasteiger partial charge is 0.389 e. The normalized spacial score (nSPS) is 12.8. The molecule has 1 unspecified atom stereocenters. The minimum Gasteiger partial charge on any atom is -0.389 e. The lowest BCUT2D eigenvalue weighted by molar-refractivity contribution is 0.547. The minimum absolute atomic E-state index is 0.708. The van der Waals surface area contributed by atoms with Crippen LogP contribution in [0.1, 0.15) is 27.2 Å². The summed E-state index contributed by atoms with van der Waals surface area (Å²) in [5.74, 6) is 0.708. The Morgan fingerprint density at radius 1 is 1.57 bits per heavy atom. The van der Waals surface area contributed by atoms with E-state index in [1.54, 1.807) is 17.5 Å². The van der Waals surface area contributed by atoms with Gasteiger partial charge in [-0.2, -0.15) is 0 Å². The Morgan fingerprint density at radius 3 is 2.71 bits per heavy atom. The molecule has 2 N–H and O–H groups in total. The van der Waals surface area contributed by atoms with Crippen molar-refractivity contribution in [1.82, 2.24) is 4.98 Å². The van der Waals surface area contributed by atoms with Gasteiger partial charge in [0.05, 0.1) is 6.20 Å². The third-order valence-corrected chi connectivity index (χ3v) is 3.28. The average molecular weight is 213 g/mol.